The summed E-state index contributed by atoms with van der Waals surface area (Å²) in [5.74, 6) is 0.262. The van der Waals surface area contributed by atoms with Gasteiger partial charge in [0.05, 0.1) is 12.6 Å². The Kier molecular flexibility index (Phi) is 8.00. The van der Waals surface area contributed by atoms with Gasteiger partial charge in [-0.1, -0.05) is 32.0 Å². The number of aliphatic imine (C=N–C) groups is 1. The fourth-order valence-electron chi connectivity index (χ4n) is 3.47. The number of carbonyl (C=O) groups is 2. The van der Waals surface area contributed by atoms with Crippen LogP contribution in [-0.2, 0) is 9.53 Å². The molecule has 0 bridgehead atoms. The summed E-state index contributed by atoms with van der Waals surface area (Å²) in [6, 6.07) is 13.3. The quantitative estimate of drug-likeness (QED) is 0.461. The number of nitrogens with zero attached hydrogens (tertiary/aromatic N) is 1. The molecule has 2 aromatic rings. The zero-order valence-corrected chi connectivity index (χ0v) is 19.2. The van der Waals surface area contributed by atoms with Crippen LogP contribution in [0.2, 0.25) is 0 Å². The zero-order valence-electron chi connectivity index (χ0n) is 19.2. The molecule has 0 saturated carbocycles. The summed E-state index contributed by atoms with van der Waals surface area (Å²) in [7, 11) is 0. The van der Waals surface area contributed by atoms with Crippen LogP contribution in [0.3, 0.4) is 0 Å². The standard InChI is InChI=1S/C25H32N4O3/c1-16(2)19-7-5-8-21(13-19)28-25(26-15-22-9-6-12-32-22)29-24(31)20-11-10-17(3)23(14-20)27-18(4)30/h5,7-8,10-11,13-14,16,22H,6,9,12,15H2,1-4H3,(H,27,30)(H2,26,28,29,31). The number of benzene rings is 2. The first kappa shape index (κ1) is 23.5. The second-order valence-corrected chi connectivity index (χ2v) is 8.39. The molecular weight excluding hydrogens is 404 g/mol. The Morgan fingerprint density at radius 3 is 2.66 bits per heavy atom. The van der Waals surface area contributed by atoms with Gasteiger partial charge in [0, 0.05) is 30.5 Å². The monoisotopic (exact) mass is 436 g/mol. The number of anilines is 2. The van der Waals surface area contributed by atoms with E-state index in [4.69, 9.17) is 4.74 Å². The van der Waals surface area contributed by atoms with E-state index in [1.807, 2.05) is 25.1 Å². The normalized spacial score (nSPS) is 16.2. The van der Waals surface area contributed by atoms with Gasteiger partial charge in [0.15, 0.2) is 0 Å². The molecule has 2 aromatic carbocycles. The summed E-state index contributed by atoms with van der Waals surface area (Å²) in [5, 5.41) is 8.90. The van der Waals surface area contributed by atoms with Crippen LogP contribution in [0.1, 0.15) is 61.0 Å². The van der Waals surface area contributed by atoms with Gasteiger partial charge in [-0.15, -0.1) is 0 Å². The number of hydrogen-bond donors (Lipinski definition) is 3. The second kappa shape index (κ2) is 10.9. The van der Waals surface area contributed by atoms with Crippen molar-refractivity contribution in [3.8, 4) is 0 Å². The number of guanidine groups is 1. The Bertz CT molecular complexity index is 994. The molecule has 1 fully saturated rings. The molecule has 170 valence electrons. The first-order chi connectivity index (χ1) is 15.3. The molecule has 2 amide bonds. The Morgan fingerprint density at radius 2 is 1.97 bits per heavy atom. The number of aryl methyl sites for hydroxylation is 1. The van der Waals surface area contributed by atoms with Crippen LogP contribution < -0.4 is 16.0 Å². The smallest absolute Gasteiger partial charge is 0.258 e. The molecule has 0 spiro atoms. The lowest BCUT2D eigenvalue weighted by Gasteiger charge is -2.15. The zero-order chi connectivity index (χ0) is 23.1. The van der Waals surface area contributed by atoms with E-state index in [-0.39, 0.29) is 17.9 Å². The summed E-state index contributed by atoms with van der Waals surface area (Å²) in [5.41, 5.74) is 3.97. The predicted molar refractivity (Wildman–Crippen MR) is 128 cm³/mol. The van der Waals surface area contributed by atoms with Crippen LogP contribution in [0.25, 0.3) is 0 Å². The van der Waals surface area contributed by atoms with Gasteiger partial charge in [-0.3, -0.25) is 14.9 Å². The maximum absolute atomic E-state index is 13.0. The van der Waals surface area contributed by atoms with Gasteiger partial charge in [-0.2, -0.15) is 0 Å². The summed E-state index contributed by atoms with van der Waals surface area (Å²) in [4.78, 5) is 29.1. The third-order valence-electron chi connectivity index (χ3n) is 5.34. The van der Waals surface area contributed by atoms with Crippen LogP contribution in [-0.4, -0.2) is 37.0 Å². The summed E-state index contributed by atoms with van der Waals surface area (Å²) < 4.78 is 5.67. The highest BCUT2D eigenvalue weighted by atomic mass is 16.5. The number of carbonyl (C=O) groups excluding carboxylic acids is 2. The molecule has 1 aliphatic heterocycles. The number of hydrogen-bond acceptors (Lipinski definition) is 4. The lowest BCUT2D eigenvalue weighted by molar-refractivity contribution is -0.114. The van der Waals surface area contributed by atoms with E-state index in [2.05, 4.69) is 46.9 Å². The average Bonchev–Trinajstić information content (AvgIpc) is 3.27. The van der Waals surface area contributed by atoms with Gasteiger partial charge in [0.1, 0.15) is 0 Å². The van der Waals surface area contributed by atoms with E-state index in [1.165, 1.54) is 12.5 Å². The molecular formula is C25H32N4O3. The first-order valence-electron chi connectivity index (χ1n) is 11.0. The van der Waals surface area contributed by atoms with Gasteiger partial charge in [-0.25, -0.2) is 4.99 Å². The fraction of sp³-hybridized carbons (Fsp3) is 0.400. The molecule has 1 unspecified atom stereocenters. The maximum atomic E-state index is 13.0. The Labute approximate surface area is 189 Å². The van der Waals surface area contributed by atoms with Crippen LogP contribution in [0, 0.1) is 6.92 Å². The van der Waals surface area contributed by atoms with E-state index in [1.54, 1.807) is 12.1 Å². The number of ether oxygens (including phenoxy) is 1. The van der Waals surface area contributed by atoms with Crippen molar-refractivity contribution < 1.29 is 14.3 Å². The average molecular weight is 437 g/mol. The van der Waals surface area contributed by atoms with Crippen molar-refractivity contribution in [2.24, 2.45) is 4.99 Å². The SMILES string of the molecule is CC(=O)Nc1cc(C(=O)NC(=NCC2CCCO2)Nc2cccc(C(C)C)c2)ccc1C. The Balaban J connectivity index is 1.80. The van der Waals surface area contributed by atoms with Crippen molar-refractivity contribution >= 4 is 29.1 Å². The molecule has 7 nitrogen and oxygen atoms in total. The summed E-state index contributed by atoms with van der Waals surface area (Å²) >= 11 is 0. The van der Waals surface area contributed by atoms with Crippen molar-refractivity contribution in [1.29, 1.82) is 0 Å². The summed E-state index contributed by atoms with van der Waals surface area (Å²) in [6.45, 7) is 8.81. The fourth-order valence-corrected chi connectivity index (χ4v) is 3.47. The third kappa shape index (κ3) is 6.65. The third-order valence-corrected chi connectivity index (χ3v) is 5.34. The van der Waals surface area contributed by atoms with Gasteiger partial charge in [0.25, 0.3) is 5.91 Å². The highest BCUT2D eigenvalue weighted by Crippen LogP contribution is 2.19. The van der Waals surface area contributed by atoms with Gasteiger partial charge < -0.3 is 15.4 Å². The minimum atomic E-state index is -0.310. The molecule has 0 radical (unpaired) electrons. The molecule has 0 aromatic heterocycles. The van der Waals surface area contributed by atoms with E-state index in [0.717, 1.165) is 30.7 Å². The molecule has 7 heteroatoms. The minimum Gasteiger partial charge on any atom is -0.376 e. The molecule has 3 N–H and O–H groups in total. The Morgan fingerprint density at radius 1 is 1.16 bits per heavy atom. The molecule has 32 heavy (non-hydrogen) atoms. The summed E-state index contributed by atoms with van der Waals surface area (Å²) in [6.07, 6.45) is 2.06. The van der Waals surface area contributed by atoms with Crippen molar-refractivity contribution in [1.82, 2.24) is 5.32 Å². The molecule has 1 heterocycles. The molecule has 1 aliphatic rings. The van der Waals surface area contributed by atoms with Crippen molar-refractivity contribution in [2.45, 2.75) is 52.6 Å². The highest BCUT2D eigenvalue weighted by Gasteiger charge is 2.17. The van der Waals surface area contributed by atoms with Crippen LogP contribution in [0.15, 0.2) is 47.5 Å². The van der Waals surface area contributed by atoms with Gasteiger partial charge >= 0.3 is 0 Å². The number of rotatable bonds is 6. The largest absolute Gasteiger partial charge is 0.376 e. The van der Waals surface area contributed by atoms with E-state index in [9.17, 15) is 9.59 Å². The highest BCUT2D eigenvalue weighted by molar-refractivity contribution is 6.10. The van der Waals surface area contributed by atoms with E-state index >= 15 is 0 Å². The maximum Gasteiger partial charge on any atom is 0.258 e. The van der Waals surface area contributed by atoms with E-state index < -0.39 is 0 Å². The second-order valence-electron chi connectivity index (χ2n) is 8.39. The topological polar surface area (TPSA) is 91.8 Å². The predicted octanol–water partition coefficient (Wildman–Crippen LogP) is 4.45. The first-order valence-corrected chi connectivity index (χ1v) is 11.0. The number of amides is 2. The molecule has 1 saturated heterocycles. The van der Waals surface area contributed by atoms with Gasteiger partial charge in [0.2, 0.25) is 11.9 Å². The van der Waals surface area contributed by atoms with Crippen LogP contribution in [0.4, 0.5) is 11.4 Å². The molecule has 3 rings (SSSR count). The van der Waals surface area contributed by atoms with Crippen molar-refractivity contribution in [3.63, 3.8) is 0 Å². The molecule has 0 aliphatic carbocycles. The lowest BCUT2D eigenvalue weighted by Crippen LogP contribution is -2.36. The number of nitrogens with one attached hydrogen (secondary N) is 3. The Hall–Kier alpha value is -3.19. The van der Waals surface area contributed by atoms with Crippen molar-refractivity contribution in [2.75, 3.05) is 23.8 Å². The molecule has 1 atom stereocenters. The van der Waals surface area contributed by atoms with Gasteiger partial charge in [-0.05, 0) is 61.1 Å². The minimum absolute atomic E-state index is 0.0662. The van der Waals surface area contributed by atoms with Crippen molar-refractivity contribution in [3.05, 3.63) is 59.2 Å². The van der Waals surface area contributed by atoms with Crippen LogP contribution in [0.5, 0.6) is 0 Å². The van der Waals surface area contributed by atoms with E-state index in [0.29, 0.717) is 29.7 Å². The lowest BCUT2D eigenvalue weighted by atomic mass is 10.0. The van der Waals surface area contributed by atoms with Crippen LogP contribution >= 0.6 is 0 Å².